The molecular weight excluding hydrogens is 465 g/mol. The summed E-state index contributed by atoms with van der Waals surface area (Å²) in [5.41, 5.74) is 1.15. The van der Waals surface area contributed by atoms with Crippen molar-refractivity contribution in [2.24, 2.45) is 4.99 Å². The summed E-state index contributed by atoms with van der Waals surface area (Å²) in [6.07, 6.45) is 4.36. The fraction of sp³-hybridized carbons (Fsp3) is 0.632. The number of nitrogens with one attached hydrogen (secondary N) is 2. The Morgan fingerprint density at radius 1 is 1.35 bits per heavy atom. The lowest BCUT2D eigenvalue weighted by Crippen LogP contribution is -2.38. The molecule has 1 atom stereocenters. The van der Waals surface area contributed by atoms with Crippen molar-refractivity contribution < 1.29 is 9.47 Å². The van der Waals surface area contributed by atoms with E-state index in [9.17, 15) is 0 Å². The third kappa shape index (κ3) is 9.39. The summed E-state index contributed by atoms with van der Waals surface area (Å²) in [4.78, 5) is 4.59. The van der Waals surface area contributed by atoms with Gasteiger partial charge in [-0.1, -0.05) is 29.8 Å². The van der Waals surface area contributed by atoms with Crippen molar-refractivity contribution in [1.29, 1.82) is 0 Å². The van der Waals surface area contributed by atoms with Gasteiger partial charge in [-0.25, -0.2) is 0 Å². The van der Waals surface area contributed by atoms with Crippen LogP contribution >= 0.6 is 35.6 Å². The summed E-state index contributed by atoms with van der Waals surface area (Å²) in [5, 5.41) is 7.43. The van der Waals surface area contributed by atoms with Crippen molar-refractivity contribution in [2.45, 2.75) is 38.7 Å². The molecule has 1 unspecified atom stereocenters. The van der Waals surface area contributed by atoms with Crippen LogP contribution in [0, 0.1) is 0 Å². The molecule has 1 aliphatic rings. The van der Waals surface area contributed by atoms with Crippen molar-refractivity contribution >= 4 is 41.5 Å². The second-order valence-corrected chi connectivity index (χ2v) is 6.50. The molecular formula is C19H31ClIN3O2. The number of rotatable bonds is 10. The van der Waals surface area contributed by atoms with E-state index < -0.39 is 0 Å². The molecule has 1 aromatic rings. The highest BCUT2D eigenvalue weighted by molar-refractivity contribution is 14.0. The van der Waals surface area contributed by atoms with Gasteiger partial charge in [0.05, 0.1) is 12.7 Å². The van der Waals surface area contributed by atoms with Crippen LogP contribution in [0.25, 0.3) is 0 Å². The molecule has 26 heavy (non-hydrogen) atoms. The number of nitrogens with zero attached hydrogens (tertiary/aromatic N) is 1. The van der Waals surface area contributed by atoms with Crippen LogP contribution in [0.4, 0.5) is 0 Å². The first-order valence-corrected chi connectivity index (χ1v) is 9.62. The zero-order chi connectivity index (χ0) is 17.7. The minimum absolute atomic E-state index is 0. The van der Waals surface area contributed by atoms with Gasteiger partial charge in [0, 0.05) is 37.9 Å². The van der Waals surface area contributed by atoms with E-state index in [2.05, 4.69) is 28.6 Å². The Kier molecular flexibility index (Phi) is 13.1. The first-order valence-electron chi connectivity index (χ1n) is 9.24. The van der Waals surface area contributed by atoms with Crippen molar-refractivity contribution in [1.82, 2.24) is 10.6 Å². The molecule has 1 heterocycles. The van der Waals surface area contributed by atoms with Gasteiger partial charge in [0.25, 0.3) is 0 Å². The Morgan fingerprint density at radius 3 is 2.92 bits per heavy atom. The average Bonchev–Trinajstić information content (AvgIpc) is 3.13. The van der Waals surface area contributed by atoms with Gasteiger partial charge in [-0.15, -0.1) is 24.0 Å². The number of hydrogen-bond donors (Lipinski definition) is 2. The first-order chi connectivity index (χ1) is 12.3. The number of halogens is 2. The fourth-order valence-electron chi connectivity index (χ4n) is 2.71. The predicted molar refractivity (Wildman–Crippen MR) is 119 cm³/mol. The SMILES string of the molecule is CCNC(=NCCCOCC1CCCO1)NCCc1ccccc1Cl.I. The molecule has 2 N–H and O–H groups in total. The van der Waals surface area contributed by atoms with Gasteiger partial charge in [-0.05, 0) is 44.2 Å². The Hall–Kier alpha value is -0.570. The van der Waals surface area contributed by atoms with Crippen molar-refractivity contribution in [3.63, 3.8) is 0 Å². The Labute approximate surface area is 179 Å². The lowest BCUT2D eigenvalue weighted by molar-refractivity contribution is 0.0171. The van der Waals surface area contributed by atoms with E-state index in [0.29, 0.717) is 12.7 Å². The van der Waals surface area contributed by atoms with E-state index in [1.54, 1.807) is 0 Å². The summed E-state index contributed by atoms with van der Waals surface area (Å²) >= 11 is 6.18. The quantitative estimate of drug-likeness (QED) is 0.225. The van der Waals surface area contributed by atoms with Gasteiger partial charge in [0.15, 0.2) is 5.96 Å². The molecule has 1 aromatic carbocycles. The summed E-state index contributed by atoms with van der Waals surface area (Å²) < 4.78 is 11.2. The standard InChI is InChI=1S/C19H30ClN3O2.HI/c1-2-21-19(23-12-10-16-7-3-4-9-18(16)20)22-11-6-13-24-15-17-8-5-14-25-17;/h3-4,7,9,17H,2,5-6,8,10-15H2,1H3,(H2,21,22,23);1H. The normalized spacial score (nSPS) is 17.0. The van der Waals surface area contributed by atoms with Gasteiger partial charge in [0.1, 0.15) is 0 Å². The zero-order valence-electron chi connectivity index (χ0n) is 15.5. The van der Waals surface area contributed by atoms with Gasteiger partial charge in [-0.3, -0.25) is 4.99 Å². The van der Waals surface area contributed by atoms with Crippen LogP contribution in [0.1, 0.15) is 31.7 Å². The van der Waals surface area contributed by atoms with Gasteiger partial charge < -0.3 is 20.1 Å². The molecule has 0 bridgehead atoms. The molecule has 2 rings (SSSR count). The smallest absolute Gasteiger partial charge is 0.191 e. The minimum atomic E-state index is 0. The van der Waals surface area contributed by atoms with Crippen LogP contribution in [0.2, 0.25) is 5.02 Å². The molecule has 7 heteroatoms. The third-order valence-electron chi connectivity index (χ3n) is 4.03. The molecule has 0 saturated carbocycles. The molecule has 0 amide bonds. The van der Waals surface area contributed by atoms with E-state index in [0.717, 1.165) is 75.1 Å². The Bertz CT molecular complexity index is 525. The van der Waals surface area contributed by atoms with Crippen molar-refractivity contribution in [3.05, 3.63) is 34.9 Å². The van der Waals surface area contributed by atoms with Gasteiger partial charge in [0.2, 0.25) is 0 Å². The number of hydrogen-bond acceptors (Lipinski definition) is 3. The largest absolute Gasteiger partial charge is 0.379 e. The highest BCUT2D eigenvalue weighted by Gasteiger charge is 2.14. The highest BCUT2D eigenvalue weighted by Crippen LogP contribution is 2.14. The first kappa shape index (κ1) is 23.5. The van der Waals surface area contributed by atoms with E-state index in [4.69, 9.17) is 21.1 Å². The average molecular weight is 496 g/mol. The molecule has 0 aliphatic carbocycles. The summed E-state index contributed by atoms with van der Waals surface area (Å²) in [7, 11) is 0. The summed E-state index contributed by atoms with van der Waals surface area (Å²) in [6.45, 7) is 6.76. The molecule has 148 valence electrons. The van der Waals surface area contributed by atoms with E-state index in [1.165, 1.54) is 0 Å². The maximum Gasteiger partial charge on any atom is 0.191 e. The van der Waals surface area contributed by atoms with Crippen LogP contribution in [-0.4, -0.2) is 51.5 Å². The van der Waals surface area contributed by atoms with Crippen LogP contribution in [0.3, 0.4) is 0 Å². The third-order valence-corrected chi connectivity index (χ3v) is 4.40. The number of ether oxygens (including phenoxy) is 2. The van der Waals surface area contributed by atoms with E-state index in [1.807, 2.05) is 18.2 Å². The van der Waals surface area contributed by atoms with E-state index in [-0.39, 0.29) is 24.0 Å². The lowest BCUT2D eigenvalue weighted by Gasteiger charge is -2.12. The molecule has 5 nitrogen and oxygen atoms in total. The number of benzene rings is 1. The number of guanidine groups is 1. The van der Waals surface area contributed by atoms with Gasteiger partial charge >= 0.3 is 0 Å². The van der Waals surface area contributed by atoms with Crippen LogP contribution in [0.5, 0.6) is 0 Å². The highest BCUT2D eigenvalue weighted by atomic mass is 127. The van der Waals surface area contributed by atoms with Gasteiger partial charge in [-0.2, -0.15) is 0 Å². The topological polar surface area (TPSA) is 54.9 Å². The molecule has 1 fully saturated rings. The fourth-order valence-corrected chi connectivity index (χ4v) is 2.94. The van der Waals surface area contributed by atoms with Crippen molar-refractivity contribution in [2.75, 3.05) is 39.5 Å². The monoisotopic (exact) mass is 495 g/mol. The minimum Gasteiger partial charge on any atom is -0.379 e. The Morgan fingerprint density at radius 2 is 2.19 bits per heavy atom. The lowest BCUT2D eigenvalue weighted by atomic mass is 10.1. The molecule has 0 radical (unpaired) electrons. The maximum absolute atomic E-state index is 6.18. The van der Waals surface area contributed by atoms with E-state index >= 15 is 0 Å². The second kappa shape index (κ2) is 14.5. The molecule has 1 saturated heterocycles. The molecule has 0 spiro atoms. The predicted octanol–water partition coefficient (Wildman–Crippen LogP) is 3.64. The zero-order valence-corrected chi connectivity index (χ0v) is 18.6. The van der Waals surface area contributed by atoms with Crippen LogP contribution < -0.4 is 10.6 Å². The second-order valence-electron chi connectivity index (χ2n) is 6.09. The summed E-state index contributed by atoms with van der Waals surface area (Å²) in [6, 6.07) is 7.94. The summed E-state index contributed by atoms with van der Waals surface area (Å²) in [5.74, 6) is 0.841. The maximum atomic E-state index is 6.18. The van der Waals surface area contributed by atoms with Crippen LogP contribution in [0.15, 0.2) is 29.3 Å². The molecule has 0 aromatic heterocycles. The van der Waals surface area contributed by atoms with Crippen LogP contribution in [-0.2, 0) is 15.9 Å². The Balaban J connectivity index is 0.00000338. The number of aliphatic imine (C=N–C) groups is 1. The molecule has 1 aliphatic heterocycles. The van der Waals surface area contributed by atoms with Crippen molar-refractivity contribution in [3.8, 4) is 0 Å².